The molecular weight excluding hydrogens is 530 g/mol. The van der Waals surface area contributed by atoms with E-state index in [4.69, 9.17) is 9.72 Å². The molecule has 0 saturated carbocycles. The number of anilines is 1. The van der Waals surface area contributed by atoms with E-state index in [1.165, 1.54) is 30.4 Å². The molecule has 2 aromatic heterocycles. The van der Waals surface area contributed by atoms with Crippen molar-refractivity contribution in [1.82, 2.24) is 29.7 Å². The zero-order valence-corrected chi connectivity index (χ0v) is 23.9. The maximum Gasteiger partial charge on any atom is 0.289 e. The van der Waals surface area contributed by atoms with Crippen LogP contribution in [0.15, 0.2) is 67.0 Å². The van der Waals surface area contributed by atoms with Crippen LogP contribution in [0.25, 0.3) is 11.2 Å². The predicted molar refractivity (Wildman–Crippen MR) is 161 cm³/mol. The number of likely N-dealkylation sites (tertiary alicyclic amines) is 1. The van der Waals surface area contributed by atoms with Crippen molar-refractivity contribution in [2.24, 2.45) is 0 Å². The van der Waals surface area contributed by atoms with Crippen molar-refractivity contribution in [3.8, 4) is 0 Å². The molecule has 2 aliphatic heterocycles. The first-order valence-electron chi connectivity index (χ1n) is 15.0. The number of ether oxygens (including phenoxy) is 1. The first-order valence-corrected chi connectivity index (χ1v) is 15.0. The number of aliphatic hydroxyl groups excluding tert-OH is 1. The Labute approximate surface area is 246 Å². The molecule has 0 bridgehead atoms. The molecule has 3 N–H and O–H groups in total. The molecule has 2 aromatic carbocycles. The van der Waals surface area contributed by atoms with Gasteiger partial charge in [0.25, 0.3) is 5.91 Å². The monoisotopic (exact) mass is 569 g/mol. The van der Waals surface area contributed by atoms with Gasteiger partial charge in [-0.25, -0.2) is 15.0 Å². The third kappa shape index (κ3) is 6.46. The lowest BCUT2D eigenvalue weighted by Crippen LogP contribution is -2.38. The fraction of sp³-hybridized carbons (Fsp3) is 0.438. The highest BCUT2D eigenvalue weighted by atomic mass is 16.5. The molecule has 2 unspecified atom stereocenters. The summed E-state index contributed by atoms with van der Waals surface area (Å²) in [5, 5.41) is 16.1. The number of piperidine rings is 1. The predicted octanol–water partition coefficient (Wildman–Crippen LogP) is 3.96. The molecule has 10 nitrogen and oxygen atoms in total. The summed E-state index contributed by atoms with van der Waals surface area (Å²) < 4.78 is 7.89. The minimum absolute atomic E-state index is 0.0318. The number of nitrogens with zero attached hydrogens (tertiary/aromatic N) is 5. The number of aromatic nitrogens is 4. The fourth-order valence-corrected chi connectivity index (χ4v) is 5.96. The van der Waals surface area contributed by atoms with E-state index in [-0.39, 0.29) is 36.6 Å². The van der Waals surface area contributed by atoms with Crippen LogP contribution in [0.3, 0.4) is 0 Å². The number of carbonyl (C=O) groups excluding carboxylic acids is 1. The van der Waals surface area contributed by atoms with Crippen LogP contribution in [0.5, 0.6) is 0 Å². The molecule has 42 heavy (non-hydrogen) atoms. The highest BCUT2D eigenvalue weighted by Crippen LogP contribution is 2.32. The molecule has 0 aliphatic carbocycles. The van der Waals surface area contributed by atoms with Crippen molar-refractivity contribution in [1.29, 1.82) is 0 Å². The second kappa shape index (κ2) is 13.4. The van der Waals surface area contributed by atoms with Crippen molar-refractivity contribution in [2.45, 2.75) is 50.4 Å². The second-order valence-corrected chi connectivity index (χ2v) is 11.1. The first kappa shape index (κ1) is 28.3. The zero-order chi connectivity index (χ0) is 28.7. The quantitative estimate of drug-likeness (QED) is 0.249. The number of carbonyl (C=O) groups is 1. The number of rotatable bonds is 11. The average molecular weight is 570 g/mol. The highest BCUT2D eigenvalue weighted by Gasteiger charge is 2.29. The third-order valence-electron chi connectivity index (χ3n) is 8.26. The van der Waals surface area contributed by atoms with Gasteiger partial charge < -0.3 is 25.4 Å². The number of hydrogen-bond donors (Lipinski definition) is 3. The maximum absolute atomic E-state index is 13.3. The van der Waals surface area contributed by atoms with E-state index in [9.17, 15) is 9.90 Å². The van der Waals surface area contributed by atoms with Crippen LogP contribution in [0.2, 0.25) is 0 Å². The Morgan fingerprint density at radius 3 is 2.36 bits per heavy atom. The number of amides is 1. The van der Waals surface area contributed by atoms with E-state index >= 15 is 0 Å². The lowest BCUT2D eigenvalue weighted by Gasteiger charge is -2.26. The highest BCUT2D eigenvalue weighted by molar-refractivity contribution is 5.94. The van der Waals surface area contributed by atoms with E-state index in [1.807, 2.05) is 41.0 Å². The first-order chi connectivity index (χ1) is 20.7. The Bertz CT molecular complexity index is 1420. The lowest BCUT2D eigenvalue weighted by atomic mass is 9.91. The number of aliphatic hydroxyl groups is 1. The van der Waals surface area contributed by atoms with Crippen LogP contribution >= 0.6 is 0 Å². The summed E-state index contributed by atoms with van der Waals surface area (Å²) in [6.07, 6.45) is 6.33. The van der Waals surface area contributed by atoms with Gasteiger partial charge >= 0.3 is 0 Å². The minimum Gasteiger partial charge on any atom is -0.394 e. The standard InChI is InChI=1S/C32H39N7O3/c40-21-25-14-15-27(42-25)39-22-35-28-29(34-20-26(23-10-4-1-5-11-23)24-12-6-2-7-13-24)36-30(37-31(28)39)32(41)33-16-19-38-17-8-3-9-18-38/h1-2,4-7,10-13,22,25-27,40H,3,8-9,14-21H2,(H,33,41)(H,34,36,37). The molecule has 2 saturated heterocycles. The van der Waals surface area contributed by atoms with Crippen molar-refractivity contribution >= 4 is 22.9 Å². The summed E-state index contributed by atoms with van der Waals surface area (Å²) in [5.41, 5.74) is 3.47. The number of hydrogen-bond acceptors (Lipinski definition) is 8. The molecule has 2 aliphatic rings. The second-order valence-electron chi connectivity index (χ2n) is 11.1. The van der Waals surface area contributed by atoms with E-state index in [2.05, 4.69) is 49.8 Å². The van der Waals surface area contributed by atoms with Crippen molar-refractivity contribution in [2.75, 3.05) is 44.6 Å². The number of imidazole rings is 1. The van der Waals surface area contributed by atoms with Gasteiger partial charge in [0.05, 0.1) is 19.0 Å². The molecule has 2 fully saturated rings. The number of benzene rings is 2. The summed E-state index contributed by atoms with van der Waals surface area (Å²) in [6.45, 7) is 4.02. The topological polar surface area (TPSA) is 117 Å². The van der Waals surface area contributed by atoms with Gasteiger partial charge in [0.15, 0.2) is 17.0 Å². The molecule has 1 amide bonds. The lowest BCUT2D eigenvalue weighted by molar-refractivity contribution is -0.0207. The Kier molecular flexibility index (Phi) is 9.03. The Hall–Kier alpha value is -3.86. The molecule has 0 spiro atoms. The third-order valence-corrected chi connectivity index (χ3v) is 8.26. The number of fused-ring (bicyclic) bond motifs is 1. The normalized spacial score (nSPS) is 19.4. The van der Waals surface area contributed by atoms with Crippen molar-refractivity contribution in [3.63, 3.8) is 0 Å². The maximum atomic E-state index is 13.3. The Morgan fingerprint density at radius 2 is 1.69 bits per heavy atom. The van der Waals surface area contributed by atoms with Gasteiger partial charge in [-0.3, -0.25) is 9.36 Å². The molecule has 2 atom stereocenters. The molecule has 4 aromatic rings. The molecular formula is C32H39N7O3. The Morgan fingerprint density at radius 1 is 0.976 bits per heavy atom. The zero-order valence-electron chi connectivity index (χ0n) is 23.9. The van der Waals surface area contributed by atoms with Crippen LogP contribution in [0, 0.1) is 0 Å². The van der Waals surface area contributed by atoms with E-state index < -0.39 is 0 Å². The van der Waals surface area contributed by atoms with Gasteiger partial charge in [-0.1, -0.05) is 67.1 Å². The molecule has 4 heterocycles. The van der Waals surface area contributed by atoms with Crippen molar-refractivity contribution < 1.29 is 14.6 Å². The fourth-order valence-electron chi connectivity index (χ4n) is 5.96. The Balaban J connectivity index is 1.28. The van der Waals surface area contributed by atoms with E-state index in [1.54, 1.807) is 6.33 Å². The number of nitrogens with one attached hydrogen (secondary N) is 2. The minimum atomic E-state index is -0.314. The molecule has 6 rings (SSSR count). The van der Waals surface area contributed by atoms with E-state index in [0.29, 0.717) is 30.1 Å². The average Bonchev–Trinajstić information content (AvgIpc) is 3.70. The summed E-state index contributed by atoms with van der Waals surface area (Å²) in [6, 6.07) is 20.7. The summed E-state index contributed by atoms with van der Waals surface area (Å²) in [4.78, 5) is 29.8. The molecule has 220 valence electrons. The van der Waals surface area contributed by atoms with Gasteiger partial charge in [0.1, 0.15) is 6.23 Å². The smallest absolute Gasteiger partial charge is 0.289 e. The SMILES string of the molecule is O=C(NCCN1CCCCC1)c1nc(NCC(c2ccccc2)c2ccccc2)c2ncn(C3CCC(CO)O3)c2n1. The molecule has 10 heteroatoms. The van der Waals surface area contributed by atoms with Crippen molar-refractivity contribution in [3.05, 3.63) is 83.9 Å². The van der Waals surface area contributed by atoms with Crippen LogP contribution in [-0.2, 0) is 4.74 Å². The van der Waals surface area contributed by atoms with Gasteiger partial charge in [0.2, 0.25) is 5.82 Å². The van der Waals surface area contributed by atoms with Gasteiger partial charge in [-0.15, -0.1) is 0 Å². The van der Waals surface area contributed by atoms with Crippen LogP contribution < -0.4 is 10.6 Å². The molecule has 0 radical (unpaired) electrons. The van der Waals surface area contributed by atoms with E-state index in [0.717, 1.165) is 32.5 Å². The van der Waals surface area contributed by atoms with Gasteiger partial charge in [0, 0.05) is 25.6 Å². The van der Waals surface area contributed by atoms with Gasteiger partial charge in [-0.2, -0.15) is 0 Å². The summed E-state index contributed by atoms with van der Waals surface area (Å²) in [5.74, 6) is 0.351. The van der Waals surface area contributed by atoms with Crippen LogP contribution in [0.4, 0.5) is 5.82 Å². The summed E-state index contributed by atoms with van der Waals surface area (Å²) >= 11 is 0. The van der Waals surface area contributed by atoms with Gasteiger partial charge in [-0.05, 0) is 49.9 Å². The largest absolute Gasteiger partial charge is 0.394 e. The van der Waals surface area contributed by atoms with Crippen LogP contribution in [-0.4, -0.2) is 80.9 Å². The van der Waals surface area contributed by atoms with Crippen LogP contribution in [0.1, 0.15) is 66.0 Å². The summed E-state index contributed by atoms with van der Waals surface area (Å²) in [7, 11) is 0.